The summed E-state index contributed by atoms with van der Waals surface area (Å²) in [5.41, 5.74) is 0. The molecule has 0 spiro atoms. The van der Waals surface area contributed by atoms with E-state index in [1.807, 2.05) is 0 Å². The van der Waals surface area contributed by atoms with Crippen molar-refractivity contribution in [3.05, 3.63) is 109 Å². The van der Waals surface area contributed by atoms with Crippen molar-refractivity contribution in [1.82, 2.24) is 0 Å². The number of esters is 3. The molecule has 0 aromatic rings. The van der Waals surface area contributed by atoms with E-state index < -0.39 is 6.10 Å². The Morgan fingerprint density at radius 3 is 0.759 bits per heavy atom. The minimum atomic E-state index is -0.799. The molecular weight excluding hydrogens is 1020 g/mol. The number of hydrogen-bond acceptors (Lipinski definition) is 6. The lowest BCUT2D eigenvalue weighted by Gasteiger charge is -2.18. The number of hydrogen-bond donors (Lipinski definition) is 0. The molecule has 0 radical (unpaired) electrons. The number of rotatable bonds is 64. The fraction of sp³-hybridized carbons (Fsp3) is 0.727. The molecule has 0 heterocycles. The summed E-state index contributed by atoms with van der Waals surface area (Å²) < 4.78 is 16.9. The number of carbonyl (C=O) groups is 3. The van der Waals surface area contributed by atoms with Gasteiger partial charge in [0, 0.05) is 19.3 Å². The highest BCUT2D eigenvalue weighted by molar-refractivity contribution is 5.71. The first-order valence-electron chi connectivity index (χ1n) is 35.4. The topological polar surface area (TPSA) is 78.9 Å². The molecule has 0 aliphatic carbocycles. The van der Waals surface area contributed by atoms with Crippen molar-refractivity contribution >= 4 is 17.9 Å². The van der Waals surface area contributed by atoms with E-state index in [-0.39, 0.29) is 31.1 Å². The van der Waals surface area contributed by atoms with Gasteiger partial charge in [0.25, 0.3) is 0 Å². The van der Waals surface area contributed by atoms with Crippen LogP contribution in [0.5, 0.6) is 0 Å². The zero-order chi connectivity index (χ0) is 59.9. The summed E-state index contributed by atoms with van der Waals surface area (Å²) in [4.78, 5) is 38.4. The first-order valence-corrected chi connectivity index (χ1v) is 35.4. The van der Waals surface area contributed by atoms with Crippen molar-refractivity contribution in [2.24, 2.45) is 0 Å². The van der Waals surface area contributed by atoms with Crippen LogP contribution in [0.25, 0.3) is 0 Å². The largest absolute Gasteiger partial charge is 0.462 e. The van der Waals surface area contributed by atoms with Gasteiger partial charge in [-0.05, 0) is 122 Å². The van der Waals surface area contributed by atoms with Crippen LogP contribution in [0.1, 0.15) is 342 Å². The van der Waals surface area contributed by atoms with E-state index in [1.54, 1.807) is 0 Å². The van der Waals surface area contributed by atoms with E-state index in [0.29, 0.717) is 19.3 Å². The molecule has 0 aromatic carbocycles. The molecule has 0 aliphatic heterocycles. The van der Waals surface area contributed by atoms with Gasteiger partial charge < -0.3 is 14.2 Å². The van der Waals surface area contributed by atoms with Crippen LogP contribution >= 0.6 is 0 Å². The first kappa shape index (κ1) is 79.1. The Bertz CT molecular complexity index is 1660. The molecule has 0 aromatic heterocycles. The van der Waals surface area contributed by atoms with E-state index in [9.17, 15) is 14.4 Å². The van der Waals surface area contributed by atoms with Crippen molar-refractivity contribution in [2.75, 3.05) is 13.2 Å². The molecule has 476 valence electrons. The Labute approximate surface area is 514 Å². The summed E-state index contributed by atoms with van der Waals surface area (Å²) in [6.07, 6.45) is 97.0. The Morgan fingerprint density at radius 1 is 0.253 bits per heavy atom. The molecule has 6 heteroatoms. The molecular formula is C77H132O6. The van der Waals surface area contributed by atoms with Crippen LogP contribution in [0.15, 0.2) is 109 Å². The number of unbranched alkanes of at least 4 members (excludes halogenated alkanes) is 35. The molecule has 0 rings (SSSR count). The van der Waals surface area contributed by atoms with Crippen LogP contribution in [0.3, 0.4) is 0 Å². The Balaban J connectivity index is 4.27. The fourth-order valence-electron chi connectivity index (χ4n) is 10.0. The monoisotopic (exact) mass is 1150 g/mol. The second-order valence-corrected chi connectivity index (χ2v) is 23.4. The molecule has 6 nitrogen and oxygen atoms in total. The number of allylic oxidation sites excluding steroid dienone is 18. The van der Waals surface area contributed by atoms with Crippen molar-refractivity contribution in [1.29, 1.82) is 0 Å². The summed E-state index contributed by atoms with van der Waals surface area (Å²) in [7, 11) is 0. The van der Waals surface area contributed by atoms with Gasteiger partial charge in [0.15, 0.2) is 6.10 Å². The predicted octanol–water partition coefficient (Wildman–Crippen LogP) is 24.6. The minimum Gasteiger partial charge on any atom is -0.462 e. The zero-order valence-electron chi connectivity index (χ0n) is 54.7. The predicted molar refractivity (Wildman–Crippen MR) is 362 cm³/mol. The maximum Gasteiger partial charge on any atom is 0.306 e. The van der Waals surface area contributed by atoms with Crippen molar-refractivity contribution in [3.63, 3.8) is 0 Å². The van der Waals surface area contributed by atoms with Crippen molar-refractivity contribution < 1.29 is 28.6 Å². The molecule has 83 heavy (non-hydrogen) atoms. The summed E-state index contributed by atoms with van der Waals surface area (Å²) in [6.45, 7) is 6.41. The first-order chi connectivity index (χ1) is 41.0. The van der Waals surface area contributed by atoms with Gasteiger partial charge in [0.05, 0.1) is 0 Å². The van der Waals surface area contributed by atoms with Crippen molar-refractivity contribution in [3.8, 4) is 0 Å². The standard InChI is InChI=1S/C77H132O6/c1-4-7-10-13-16-19-22-25-27-29-31-33-35-36-37-38-39-40-42-43-45-47-49-52-55-58-61-64-67-70-76(79)82-73-74(72-81-75(78)69-66-63-60-57-54-51-24-21-18-15-12-9-6-3)83-77(80)71-68-65-62-59-56-53-50-48-46-44-41-34-32-30-28-26-23-20-17-14-11-8-5-2/h8-9,11-12,17-18,20-21,26,28-29,31-32,34,44,46,51,54,74H,4-7,10,13-16,19,22-25,27,30,33,35-43,45,47-50,52-53,55-73H2,1-3H3/b11-8-,12-9-,20-17-,21-18-,28-26-,31-29-,34-32-,46-44-,54-51-. The van der Waals surface area contributed by atoms with E-state index in [2.05, 4.69) is 130 Å². The van der Waals surface area contributed by atoms with Crippen LogP contribution in [-0.4, -0.2) is 37.2 Å². The molecule has 0 fully saturated rings. The Morgan fingerprint density at radius 2 is 0.470 bits per heavy atom. The van der Waals surface area contributed by atoms with E-state index in [0.717, 1.165) is 122 Å². The smallest absolute Gasteiger partial charge is 0.306 e. The van der Waals surface area contributed by atoms with Crippen LogP contribution in [-0.2, 0) is 28.6 Å². The van der Waals surface area contributed by atoms with Crippen LogP contribution in [0.2, 0.25) is 0 Å². The van der Waals surface area contributed by atoms with Crippen LogP contribution in [0.4, 0.5) is 0 Å². The molecule has 0 saturated heterocycles. The lowest BCUT2D eigenvalue weighted by molar-refractivity contribution is -0.167. The third kappa shape index (κ3) is 68.7. The Hall–Kier alpha value is -3.93. The van der Waals surface area contributed by atoms with E-state index in [4.69, 9.17) is 14.2 Å². The third-order valence-corrected chi connectivity index (χ3v) is 15.2. The minimum absolute atomic E-state index is 0.0911. The SMILES string of the molecule is CC/C=C\C/C=C\C/C=C\C/C=C\C/C=C\CCCCCCCCCC(=O)OC(COC(=O)CCCCC/C=C\C/C=C\C/C=C\CC)COC(=O)CCCCCCCCCCCCCCCCCCC/C=C\CCCCCCCCCC. The average molecular weight is 1150 g/mol. The van der Waals surface area contributed by atoms with Gasteiger partial charge in [-0.25, -0.2) is 0 Å². The lowest BCUT2D eigenvalue weighted by atomic mass is 10.0. The summed E-state index contributed by atoms with van der Waals surface area (Å²) in [5, 5.41) is 0. The van der Waals surface area contributed by atoms with E-state index in [1.165, 1.54) is 180 Å². The van der Waals surface area contributed by atoms with Gasteiger partial charge in [0.1, 0.15) is 13.2 Å². The molecule has 0 aliphatic rings. The number of ether oxygens (including phenoxy) is 3. The highest BCUT2D eigenvalue weighted by atomic mass is 16.6. The normalized spacial score (nSPS) is 12.8. The van der Waals surface area contributed by atoms with Crippen LogP contribution < -0.4 is 0 Å². The highest BCUT2D eigenvalue weighted by Gasteiger charge is 2.19. The molecule has 1 unspecified atom stereocenters. The summed E-state index contributed by atoms with van der Waals surface area (Å²) in [6, 6.07) is 0. The quantitative estimate of drug-likeness (QED) is 0.0261. The van der Waals surface area contributed by atoms with Crippen molar-refractivity contribution in [2.45, 2.75) is 348 Å². The second-order valence-electron chi connectivity index (χ2n) is 23.4. The van der Waals surface area contributed by atoms with Crippen LogP contribution in [0, 0.1) is 0 Å². The van der Waals surface area contributed by atoms with Gasteiger partial charge >= 0.3 is 17.9 Å². The average Bonchev–Trinajstić information content (AvgIpc) is 3.49. The molecule has 0 bridgehead atoms. The summed E-state index contributed by atoms with van der Waals surface area (Å²) >= 11 is 0. The Kier molecular flexibility index (Phi) is 67.2. The van der Waals surface area contributed by atoms with Gasteiger partial charge in [-0.2, -0.15) is 0 Å². The molecule has 0 saturated carbocycles. The third-order valence-electron chi connectivity index (χ3n) is 15.2. The highest BCUT2D eigenvalue weighted by Crippen LogP contribution is 2.17. The molecule has 0 N–H and O–H groups in total. The van der Waals surface area contributed by atoms with Gasteiger partial charge in [0.2, 0.25) is 0 Å². The van der Waals surface area contributed by atoms with E-state index >= 15 is 0 Å². The maximum absolute atomic E-state index is 12.9. The zero-order valence-corrected chi connectivity index (χ0v) is 54.7. The second kappa shape index (κ2) is 70.6. The maximum atomic E-state index is 12.9. The van der Waals surface area contributed by atoms with Gasteiger partial charge in [-0.1, -0.05) is 310 Å². The number of carbonyl (C=O) groups excluding carboxylic acids is 3. The lowest BCUT2D eigenvalue weighted by Crippen LogP contribution is -2.30. The van der Waals surface area contributed by atoms with Gasteiger partial charge in [-0.3, -0.25) is 14.4 Å². The molecule has 0 amide bonds. The molecule has 1 atom stereocenters. The van der Waals surface area contributed by atoms with Gasteiger partial charge in [-0.15, -0.1) is 0 Å². The fourth-order valence-corrected chi connectivity index (χ4v) is 10.0. The summed E-state index contributed by atoms with van der Waals surface area (Å²) in [5.74, 6) is -0.921.